The van der Waals surface area contributed by atoms with Crippen LogP contribution >= 0.6 is 0 Å². The Bertz CT molecular complexity index is 931. The van der Waals surface area contributed by atoms with E-state index in [9.17, 15) is 19.8 Å². The maximum atomic E-state index is 12.6. The standard InChI is InChI=1S/C24H29N3O4/c28-20-6-3-11-27(15-20)24(31)17-9-7-16(8-10-17)23(30)26-14-22(29)21-12-18-4-1-2-5-19(18)13-25-21/h1-2,4-5,7-10,20-22,25,28-29H,3,6,11-15H2,(H,26,30)/t20?,21-,22+/m0/s1. The molecule has 2 aliphatic rings. The summed E-state index contributed by atoms with van der Waals surface area (Å²) in [6.45, 7) is 1.83. The molecule has 2 amide bonds. The third-order valence-electron chi connectivity index (χ3n) is 6.13. The second kappa shape index (κ2) is 9.60. The molecule has 2 heterocycles. The number of carbonyl (C=O) groups excluding carboxylic acids is 2. The van der Waals surface area contributed by atoms with Crippen molar-refractivity contribution in [2.45, 2.75) is 44.1 Å². The highest BCUT2D eigenvalue weighted by Crippen LogP contribution is 2.18. The molecule has 0 radical (unpaired) electrons. The lowest BCUT2D eigenvalue weighted by atomic mass is 9.93. The van der Waals surface area contributed by atoms with Gasteiger partial charge in [0.05, 0.1) is 12.2 Å². The summed E-state index contributed by atoms with van der Waals surface area (Å²) in [6.07, 6.45) is 1.05. The van der Waals surface area contributed by atoms with Crippen molar-refractivity contribution in [3.05, 3.63) is 70.8 Å². The number of rotatable bonds is 5. The van der Waals surface area contributed by atoms with E-state index in [0.29, 0.717) is 30.8 Å². The van der Waals surface area contributed by atoms with Crippen LogP contribution in [-0.4, -0.2) is 64.8 Å². The van der Waals surface area contributed by atoms with Crippen molar-refractivity contribution in [2.75, 3.05) is 19.6 Å². The first-order chi connectivity index (χ1) is 15.0. The summed E-state index contributed by atoms with van der Waals surface area (Å²) < 4.78 is 0. The van der Waals surface area contributed by atoms with Crippen LogP contribution in [-0.2, 0) is 13.0 Å². The molecule has 0 spiro atoms. The molecule has 0 aliphatic carbocycles. The van der Waals surface area contributed by atoms with Gasteiger partial charge in [0.2, 0.25) is 0 Å². The molecule has 2 aromatic carbocycles. The van der Waals surface area contributed by atoms with Gasteiger partial charge in [-0.2, -0.15) is 0 Å². The average Bonchev–Trinajstić information content (AvgIpc) is 2.81. The number of hydrogen-bond acceptors (Lipinski definition) is 5. The van der Waals surface area contributed by atoms with E-state index in [2.05, 4.69) is 22.8 Å². The molecule has 1 saturated heterocycles. The van der Waals surface area contributed by atoms with Crippen molar-refractivity contribution < 1.29 is 19.8 Å². The Morgan fingerprint density at radius 1 is 1.10 bits per heavy atom. The fraction of sp³-hybridized carbons (Fsp3) is 0.417. The molecule has 0 bridgehead atoms. The Morgan fingerprint density at radius 3 is 2.55 bits per heavy atom. The molecule has 1 unspecified atom stereocenters. The Morgan fingerprint density at radius 2 is 1.81 bits per heavy atom. The van der Waals surface area contributed by atoms with Crippen LogP contribution in [0, 0.1) is 0 Å². The zero-order chi connectivity index (χ0) is 21.8. The number of aliphatic hydroxyl groups excluding tert-OH is 2. The van der Waals surface area contributed by atoms with Crippen molar-refractivity contribution in [3.63, 3.8) is 0 Å². The Labute approximate surface area is 182 Å². The summed E-state index contributed by atoms with van der Waals surface area (Å²) in [7, 11) is 0. The van der Waals surface area contributed by atoms with Crippen LogP contribution in [0.4, 0.5) is 0 Å². The zero-order valence-corrected chi connectivity index (χ0v) is 17.5. The fourth-order valence-electron chi connectivity index (χ4n) is 4.28. The number of benzene rings is 2. The van der Waals surface area contributed by atoms with E-state index in [0.717, 1.165) is 19.3 Å². The highest BCUT2D eigenvalue weighted by Gasteiger charge is 2.25. The smallest absolute Gasteiger partial charge is 0.253 e. The van der Waals surface area contributed by atoms with E-state index >= 15 is 0 Å². The van der Waals surface area contributed by atoms with E-state index in [1.165, 1.54) is 11.1 Å². The molecule has 2 aliphatic heterocycles. The van der Waals surface area contributed by atoms with Gasteiger partial charge in [0.1, 0.15) is 0 Å². The number of nitrogens with zero attached hydrogens (tertiary/aromatic N) is 1. The van der Waals surface area contributed by atoms with Gasteiger partial charge in [-0.3, -0.25) is 9.59 Å². The van der Waals surface area contributed by atoms with Gasteiger partial charge < -0.3 is 25.7 Å². The van der Waals surface area contributed by atoms with E-state index < -0.39 is 12.2 Å². The SMILES string of the molecule is O=C(NC[C@@H](O)[C@@H]1Cc2ccccc2CN1)c1ccc(C(=O)N2CCCC(O)C2)cc1. The number of aliphatic hydroxyl groups is 2. The largest absolute Gasteiger partial charge is 0.391 e. The van der Waals surface area contributed by atoms with Crippen molar-refractivity contribution in [1.82, 2.24) is 15.5 Å². The summed E-state index contributed by atoms with van der Waals surface area (Å²) in [4.78, 5) is 26.7. The van der Waals surface area contributed by atoms with Gasteiger partial charge in [-0.15, -0.1) is 0 Å². The van der Waals surface area contributed by atoms with Crippen LogP contribution in [0.1, 0.15) is 44.7 Å². The van der Waals surface area contributed by atoms with Crippen LogP contribution in [0.15, 0.2) is 48.5 Å². The van der Waals surface area contributed by atoms with Gasteiger partial charge >= 0.3 is 0 Å². The number of carbonyl (C=O) groups is 2. The first kappa shape index (κ1) is 21.5. The van der Waals surface area contributed by atoms with Crippen molar-refractivity contribution in [1.29, 1.82) is 0 Å². The molecule has 7 nitrogen and oxygen atoms in total. The number of piperidine rings is 1. The van der Waals surface area contributed by atoms with Crippen LogP contribution < -0.4 is 10.6 Å². The monoisotopic (exact) mass is 423 g/mol. The Kier molecular flexibility index (Phi) is 6.65. The Balaban J connectivity index is 1.29. The third-order valence-corrected chi connectivity index (χ3v) is 6.13. The molecule has 7 heteroatoms. The van der Waals surface area contributed by atoms with Crippen LogP contribution in [0.3, 0.4) is 0 Å². The summed E-state index contributed by atoms with van der Waals surface area (Å²) in [5, 5.41) is 26.4. The minimum Gasteiger partial charge on any atom is -0.391 e. The molecule has 4 N–H and O–H groups in total. The second-order valence-corrected chi connectivity index (χ2v) is 8.36. The predicted molar refractivity (Wildman–Crippen MR) is 117 cm³/mol. The van der Waals surface area contributed by atoms with Crippen molar-refractivity contribution >= 4 is 11.8 Å². The summed E-state index contributed by atoms with van der Waals surface area (Å²) in [5.41, 5.74) is 3.39. The van der Waals surface area contributed by atoms with Crippen LogP contribution in [0.2, 0.25) is 0 Å². The van der Waals surface area contributed by atoms with Crippen LogP contribution in [0.25, 0.3) is 0 Å². The quantitative estimate of drug-likeness (QED) is 0.577. The number of likely N-dealkylation sites (tertiary alicyclic amines) is 1. The van der Waals surface area contributed by atoms with Gasteiger partial charge in [-0.1, -0.05) is 24.3 Å². The normalized spacial score (nSPS) is 21.8. The lowest BCUT2D eigenvalue weighted by Crippen LogP contribution is -2.49. The van der Waals surface area contributed by atoms with E-state index in [1.54, 1.807) is 29.2 Å². The van der Waals surface area contributed by atoms with Crippen LogP contribution in [0.5, 0.6) is 0 Å². The predicted octanol–water partition coefficient (Wildman–Crippen LogP) is 1.09. The van der Waals surface area contributed by atoms with Gasteiger partial charge in [-0.05, 0) is 54.7 Å². The van der Waals surface area contributed by atoms with Gasteiger partial charge in [0.15, 0.2) is 0 Å². The number of amides is 2. The number of β-amino-alcohol motifs (C(OH)–C–C–N with tert-alkyl or cyclic N) is 1. The van der Waals surface area contributed by atoms with Gasteiger partial charge in [0.25, 0.3) is 11.8 Å². The molecule has 0 aromatic heterocycles. The highest BCUT2D eigenvalue weighted by molar-refractivity contribution is 5.97. The molecule has 4 rings (SSSR count). The number of hydrogen-bond donors (Lipinski definition) is 4. The van der Waals surface area contributed by atoms with Gasteiger partial charge in [-0.25, -0.2) is 0 Å². The van der Waals surface area contributed by atoms with E-state index in [4.69, 9.17) is 0 Å². The molecule has 2 aromatic rings. The summed E-state index contributed by atoms with van der Waals surface area (Å²) in [6, 6.07) is 14.5. The Hall–Kier alpha value is -2.74. The first-order valence-corrected chi connectivity index (χ1v) is 10.8. The van der Waals surface area contributed by atoms with E-state index in [1.807, 2.05) is 12.1 Å². The molecule has 1 fully saturated rings. The fourth-order valence-corrected chi connectivity index (χ4v) is 4.28. The lowest BCUT2D eigenvalue weighted by molar-refractivity contribution is 0.0473. The second-order valence-electron chi connectivity index (χ2n) is 8.36. The number of nitrogens with one attached hydrogen (secondary N) is 2. The minimum atomic E-state index is -0.705. The third kappa shape index (κ3) is 5.12. The number of fused-ring (bicyclic) bond motifs is 1. The molecule has 0 saturated carbocycles. The maximum Gasteiger partial charge on any atom is 0.253 e. The highest BCUT2D eigenvalue weighted by atomic mass is 16.3. The molecule has 164 valence electrons. The summed E-state index contributed by atoms with van der Waals surface area (Å²) >= 11 is 0. The zero-order valence-electron chi connectivity index (χ0n) is 17.5. The lowest BCUT2D eigenvalue weighted by Gasteiger charge is -2.30. The van der Waals surface area contributed by atoms with Gasteiger partial charge in [0, 0.05) is 43.3 Å². The van der Waals surface area contributed by atoms with E-state index in [-0.39, 0.29) is 24.4 Å². The molecular weight excluding hydrogens is 394 g/mol. The molecule has 31 heavy (non-hydrogen) atoms. The molecular formula is C24H29N3O4. The summed E-state index contributed by atoms with van der Waals surface area (Å²) in [5.74, 6) is -0.424. The van der Waals surface area contributed by atoms with Crippen molar-refractivity contribution in [2.24, 2.45) is 0 Å². The average molecular weight is 424 g/mol. The topological polar surface area (TPSA) is 102 Å². The minimum absolute atomic E-state index is 0.116. The molecule has 3 atom stereocenters. The maximum absolute atomic E-state index is 12.6. The first-order valence-electron chi connectivity index (χ1n) is 10.8. The van der Waals surface area contributed by atoms with Crippen molar-refractivity contribution in [3.8, 4) is 0 Å².